The Morgan fingerprint density at radius 3 is 1.97 bits per heavy atom. The van der Waals surface area contributed by atoms with Gasteiger partial charge in [-0.25, -0.2) is 19.6 Å². The summed E-state index contributed by atoms with van der Waals surface area (Å²) in [4.78, 5) is 36.6. The van der Waals surface area contributed by atoms with E-state index < -0.39 is 23.4 Å². The Bertz CT molecular complexity index is 1240. The van der Waals surface area contributed by atoms with Crippen LogP contribution in [0.4, 0.5) is 15.4 Å². The van der Waals surface area contributed by atoms with Crippen molar-refractivity contribution < 1.29 is 19.1 Å². The molecule has 2 heterocycles. The molecule has 0 spiro atoms. The number of carbonyl (C=O) groups is 2. The number of halogens is 1. The van der Waals surface area contributed by atoms with Crippen LogP contribution in [0.25, 0.3) is 22.3 Å². The molecule has 0 N–H and O–H groups in total. The van der Waals surface area contributed by atoms with Crippen molar-refractivity contribution in [2.24, 2.45) is 0 Å². The van der Waals surface area contributed by atoms with Crippen LogP contribution in [0.1, 0.15) is 62.3 Å². The molecule has 0 aliphatic rings. The molecular weight excluding hydrogens is 512 g/mol. The molecule has 0 aliphatic carbocycles. The van der Waals surface area contributed by atoms with Crippen LogP contribution < -0.4 is 4.90 Å². The fourth-order valence-corrected chi connectivity index (χ4v) is 3.89. The Hall–Kier alpha value is -2.94. The number of para-hydroxylation sites is 1. The molecule has 0 saturated carbocycles. The van der Waals surface area contributed by atoms with Crippen molar-refractivity contribution in [3.8, 4) is 11.4 Å². The van der Waals surface area contributed by atoms with Crippen LogP contribution in [-0.2, 0) is 15.0 Å². The molecule has 2 aromatic heterocycles. The second kappa shape index (κ2) is 9.26. The number of fused-ring (bicyclic) bond motifs is 1. The van der Waals surface area contributed by atoms with E-state index in [9.17, 15) is 9.59 Å². The maximum absolute atomic E-state index is 13.3. The molecular formula is C26H33BrN4O4. The summed E-state index contributed by atoms with van der Waals surface area (Å²) in [5, 5.41) is 0.992. The molecule has 0 radical (unpaired) electrons. The van der Waals surface area contributed by atoms with Crippen LogP contribution in [-0.4, -0.2) is 37.9 Å². The van der Waals surface area contributed by atoms with Crippen molar-refractivity contribution in [2.45, 2.75) is 79.1 Å². The summed E-state index contributed by atoms with van der Waals surface area (Å²) in [6.07, 6.45) is -0.365. The van der Waals surface area contributed by atoms with Gasteiger partial charge in [-0.1, -0.05) is 18.2 Å². The van der Waals surface area contributed by atoms with Gasteiger partial charge >= 0.3 is 12.2 Å². The Balaban J connectivity index is 2.32. The van der Waals surface area contributed by atoms with Gasteiger partial charge in [-0.3, -0.25) is 0 Å². The fourth-order valence-electron chi connectivity index (χ4n) is 3.61. The number of nitrogens with zero attached hydrogens (tertiary/aromatic N) is 4. The van der Waals surface area contributed by atoms with Crippen molar-refractivity contribution in [1.82, 2.24) is 14.5 Å². The Morgan fingerprint density at radius 2 is 1.46 bits per heavy atom. The van der Waals surface area contributed by atoms with Gasteiger partial charge in [0, 0.05) is 16.4 Å². The second-order valence-corrected chi connectivity index (χ2v) is 12.1. The van der Waals surface area contributed by atoms with Crippen LogP contribution in [0.5, 0.6) is 0 Å². The quantitative estimate of drug-likeness (QED) is 0.336. The first-order valence-corrected chi connectivity index (χ1v) is 12.2. The first-order valence-electron chi connectivity index (χ1n) is 11.4. The van der Waals surface area contributed by atoms with E-state index >= 15 is 0 Å². The predicted molar refractivity (Wildman–Crippen MR) is 141 cm³/mol. The van der Waals surface area contributed by atoms with Gasteiger partial charge in [-0.2, -0.15) is 4.90 Å². The zero-order valence-corrected chi connectivity index (χ0v) is 23.3. The number of aromatic nitrogens is 3. The zero-order valence-electron chi connectivity index (χ0n) is 21.8. The van der Waals surface area contributed by atoms with E-state index in [0.29, 0.717) is 16.0 Å². The van der Waals surface area contributed by atoms with E-state index in [1.807, 2.05) is 30.3 Å². The number of amides is 2. The summed E-state index contributed by atoms with van der Waals surface area (Å²) >= 11 is 3.40. The number of hydrogen-bond donors (Lipinski definition) is 0. The number of benzene rings is 1. The van der Waals surface area contributed by atoms with Gasteiger partial charge in [0.25, 0.3) is 0 Å². The number of ether oxygens (including phenoxy) is 2. The first-order chi connectivity index (χ1) is 16.0. The number of carbonyl (C=O) groups excluding carboxylic acids is 2. The minimum Gasteiger partial charge on any atom is -0.443 e. The molecule has 0 bridgehead atoms. The summed E-state index contributed by atoms with van der Waals surface area (Å²) in [7, 11) is 0. The average molecular weight is 545 g/mol. The fraction of sp³-hybridized carbons (Fsp3) is 0.462. The molecule has 3 rings (SSSR count). The maximum Gasteiger partial charge on any atom is 0.425 e. The van der Waals surface area contributed by atoms with Gasteiger partial charge in [-0.15, -0.1) is 0 Å². The highest BCUT2D eigenvalue weighted by Gasteiger charge is 2.37. The molecule has 0 saturated heterocycles. The summed E-state index contributed by atoms with van der Waals surface area (Å²) < 4.78 is 13.7. The smallest absolute Gasteiger partial charge is 0.425 e. The van der Waals surface area contributed by atoms with Gasteiger partial charge in [-0.05, 0) is 90.4 Å². The van der Waals surface area contributed by atoms with Crippen molar-refractivity contribution in [3.05, 3.63) is 41.1 Å². The molecule has 8 nitrogen and oxygen atoms in total. The molecule has 188 valence electrons. The number of hydrogen-bond acceptors (Lipinski definition) is 6. The van der Waals surface area contributed by atoms with Gasteiger partial charge in [0.05, 0.1) is 11.9 Å². The van der Waals surface area contributed by atoms with Crippen molar-refractivity contribution in [1.29, 1.82) is 0 Å². The van der Waals surface area contributed by atoms with Gasteiger partial charge < -0.3 is 14.0 Å². The Labute approximate surface area is 214 Å². The third-order valence-electron chi connectivity index (χ3n) is 4.71. The van der Waals surface area contributed by atoms with E-state index in [0.717, 1.165) is 15.8 Å². The van der Waals surface area contributed by atoms with Gasteiger partial charge in [0.15, 0.2) is 5.82 Å². The van der Waals surface area contributed by atoms with Crippen LogP contribution in [0, 0.1) is 0 Å². The lowest BCUT2D eigenvalue weighted by Gasteiger charge is -2.30. The monoisotopic (exact) mass is 544 g/mol. The highest BCUT2D eigenvalue weighted by atomic mass is 79.9. The maximum atomic E-state index is 13.3. The molecule has 2 amide bonds. The Kier molecular flexibility index (Phi) is 7.05. The molecule has 0 atom stereocenters. The third-order valence-corrected chi connectivity index (χ3v) is 5.09. The van der Waals surface area contributed by atoms with Crippen LogP contribution in [0.3, 0.4) is 0 Å². The highest BCUT2D eigenvalue weighted by Crippen LogP contribution is 2.38. The number of rotatable bonds is 2. The molecule has 9 heteroatoms. The number of anilines is 1. The average Bonchev–Trinajstić information content (AvgIpc) is 3.06. The van der Waals surface area contributed by atoms with Crippen LogP contribution in [0.2, 0.25) is 0 Å². The van der Waals surface area contributed by atoms with Crippen LogP contribution >= 0.6 is 15.9 Å². The molecule has 0 fully saturated rings. The van der Waals surface area contributed by atoms with E-state index in [1.54, 1.807) is 41.5 Å². The summed E-state index contributed by atoms with van der Waals surface area (Å²) in [5.74, 6) is 0.0185. The predicted octanol–water partition coefficient (Wildman–Crippen LogP) is 7.29. The summed E-state index contributed by atoms with van der Waals surface area (Å²) in [5.41, 5.74) is -0.0190. The molecule has 3 aromatic rings. The standard InChI is InChI=1S/C26H33BrN4O4/c1-24(2,3)31-17-13-11-10-12-16(17)14-18(31)20-21(28-15-19(27)29-20)30(22(32)34-25(4,5)6)23(33)35-26(7,8)9/h10-15H,1-9H3. The number of imide groups is 1. The van der Waals surface area contributed by atoms with E-state index in [2.05, 4.69) is 51.2 Å². The topological polar surface area (TPSA) is 86.6 Å². The van der Waals surface area contributed by atoms with Crippen molar-refractivity contribution in [3.63, 3.8) is 0 Å². The molecule has 0 aliphatic heterocycles. The van der Waals surface area contributed by atoms with Crippen molar-refractivity contribution in [2.75, 3.05) is 4.90 Å². The largest absolute Gasteiger partial charge is 0.443 e. The zero-order chi connectivity index (χ0) is 26.3. The van der Waals surface area contributed by atoms with Gasteiger partial charge in [0.2, 0.25) is 0 Å². The minimum absolute atomic E-state index is 0.0185. The molecule has 0 unspecified atom stereocenters. The van der Waals surface area contributed by atoms with Crippen molar-refractivity contribution >= 4 is 44.8 Å². The first kappa shape index (κ1) is 26.7. The molecule has 1 aromatic carbocycles. The van der Waals surface area contributed by atoms with Crippen LogP contribution in [0.15, 0.2) is 41.1 Å². The molecule has 35 heavy (non-hydrogen) atoms. The highest BCUT2D eigenvalue weighted by molar-refractivity contribution is 9.10. The third kappa shape index (κ3) is 6.20. The van der Waals surface area contributed by atoms with E-state index in [1.165, 1.54) is 6.20 Å². The lowest BCUT2D eigenvalue weighted by atomic mass is 10.1. The normalized spacial score (nSPS) is 12.5. The van der Waals surface area contributed by atoms with E-state index in [4.69, 9.17) is 9.47 Å². The SMILES string of the molecule is CC(C)(C)OC(=O)N(C(=O)OC(C)(C)C)c1ncc(Br)nc1-c1cc2ccccc2n1C(C)(C)C. The minimum atomic E-state index is -0.900. The van der Waals surface area contributed by atoms with Gasteiger partial charge in [0.1, 0.15) is 21.5 Å². The lowest BCUT2D eigenvalue weighted by Crippen LogP contribution is -2.44. The lowest BCUT2D eigenvalue weighted by molar-refractivity contribution is 0.0429. The second-order valence-electron chi connectivity index (χ2n) is 11.3. The summed E-state index contributed by atoms with van der Waals surface area (Å²) in [6, 6.07) is 9.93. The summed E-state index contributed by atoms with van der Waals surface area (Å²) in [6.45, 7) is 16.6. The van der Waals surface area contributed by atoms with E-state index in [-0.39, 0.29) is 11.4 Å². The Morgan fingerprint density at radius 1 is 0.914 bits per heavy atom.